The van der Waals surface area contributed by atoms with Crippen molar-refractivity contribution in [1.82, 2.24) is 0 Å². The molecule has 0 aliphatic carbocycles. The monoisotopic (exact) mass is 336 g/mol. The van der Waals surface area contributed by atoms with Gasteiger partial charge in [0, 0.05) is 12.8 Å². The van der Waals surface area contributed by atoms with E-state index in [1.165, 1.54) is 0 Å². The second-order valence-electron chi connectivity index (χ2n) is 4.84. The predicted octanol–water partition coefficient (Wildman–Crippen LogP) is 3.72. The quantitative estimate of drug-likeness (QED) is 0.290. The van der Waals surface area contributed by atoms with E-state index in [9.17, 15) is 14.2 Å². The fraction of sp³-hybridized carbons (Fsp3) is 0.867. The summed E-state index contributed by atoms with van der Waals surface area (Å²) in [6.07, 6.45) is 2.91. The summed E-state index contributed by atoms with van der Waals surface area (Å²) < 4.78 is 28.2. The topological polar surface area (TPSA) is 78.9 Å². The van der Waals surface area contributed by atoms with Crippen LogP contribution in [0, 0.1) is 0 Å². The molecule has 0 saturated heterocycles. The van der Waals surface area contributed by atoms with Gasteiger partial charge in [0.2, 0.25) is 0 Å². The Hall–Kier alpha value is -0.710. The lowest BCUT2D eigenvalue weighted by atomic mass is 10.1. The van der Waals surface area contributed by atoms with E-state index in [1.54, 1.807) is 20.8 Å². The molecule has 0 aliphatic rings. The SMILES string of the molecule is CCCCCC(=O)C[C@@H](C(=O)OCC)P(=O)(OCC)OCC. The molecule has 0 unspecified atom stereocenters. The molecule has 0 spiro atoms. The van der Waals surface area contributed by atoms with E-state index in [-0.39, 0.29) is 32.0 Å². The third-order valence-electron chi connectivity index (χ3n) is 3.04. The summed E-state index contributed by atoms with van der Waals surface area (Å²) in [4.78, 5) is 24.2. The van der Waals surface area contributed by atoms with Crippen LogP contribution in [0.4, 0.5) is 0 Å². The van der Waals surface area contributed by atoms with Crippen molar-refractivity contribution in [3.05, 3.63) is 0 Å². The van der Waals surface area contributed by atoms with Crippen LogP contribution in [0.25, 0.3) is 0 Å². The first kappa shape index (κ1) is 21.3. The zero-order valence-electron chi connectivity index (χ0n) is 14.1. The summed E-state index contributed by atoms with van der Waals surface area (Å²) in [5.74, 6) is -0.817. The molecule has 0 heterocycles. The molecule has 130 valence electrons. The molecule has 0 aromatic rings. The second kappa shape index (κ2) is 11.8. The predicted molar refractivity (Wildman–Crippen MR) is 85.0 cm³/mol. The first-order valence-electron chi connectivity index (χ1n) is 8.02. The average molecular weight is 336 g/mol. The molecule has 0 radical (unpaired) electrons. The van der Waals surface area contributed by atoms with Gasteiger partial charge in [-0.1, -0.05) is 19.8 Å². The van der Waals surface area contributed by atoms with Crippen LogP contribution >= 0.6 is 7.60 Å². The zero-order chi connectivity index (χ0) is 17.0. The Bertz CT molecular complexity index is 372. The van der Waals surface area contributed by atoms with E-state index in [4.69, 9.17) is 13.8 Å². The van der Waals surface area contributed by atoms with Crippen molar-refractivity contribution in [2.24, 2.45) is 0 Å². The minimum atomic E-state index is -3.70. The van der Waals surface area contributed by atoms with Crippen LogP contribution in [-0.2, 0) is 27.9 Å². The highest BCUT2D eigenvalue weighted by Crippen LogP contribution is 2.54. The van der Waals surface area contributed by atoms with E-state index in [2.05, 4.69) is 0 Å². The summed E-state index contributed by atoms with van der Waals surface area (Å²) in [5.41, 5.74) is -1.18. The molecule has 6 nitrogen and oxygen atoms in total. The smallest absolute Gasteiger partial charge is 0.345 e. The summed E-state index contributed by atoms with van der Waals surface area (Å²) in [6, 6.07) is 0. The Labute approximate surface area is 133 Å². The van der Waals surface area contributed by atoms with E-state index in [0.29, 0.717) is 6.42 Å². The van der Waals surface area contributed by atoms with Crippen molar-refractivity contribution >= 4 is 19.3 Å². The first-order valence-corrected chi connectivity index (χ1v) is 9.63. The average Bonchev–Trinajstić information content (AvgIpc) is 2.45. The normalized spacial score (nSPS) is 12.9. The maximum absolute atomic E-state index is 12.8. The van der Waals surface area contributed by atoms with Gasteiger partial charge in [0.25, 0.3) is 0 Å². The molecule has 0 N–H and O–H groups in total. The van der Waals surface area contributed by atoms with E-state index in [1.807, 2.05) is 6.92 Å². The molecule has 7 heteroatoms. The van der Waals surface area contributed by atoms with Crippen LogP contribution in [-0.4, -0.2) is 37.2 Å². The molecular formula is C15H29O6P. The highest BCUT2D eigenvalue weighted by Gasteiger charge is 2.43. The second-order valence-corrected chi connectivity index (χ2v) is 7.06. The van der Waals surface area contributed by atoms with Crippen molar-refractivity contribution in [3.8, 4) is 0 Å². The van der Waals surface area contributed by atoms with Gasteiger partial charge in [-0.3, -0.25) is 14.2 Å². The first-order chi connectivity index (χ1) is 10.4. The van der Waals surface area contributed by atoms with Crippen molar-refractivity contribution in [2.45, 2.75) is 65.5 Å². The zero-order valence-corrected chi connectivity index (χ0v) is 15.0. The van der Waals surface area contributed by atoms with Crippen LogP contribution in [0.2, 0.25) is 0 Å². The van der Waals surface area contributed by atoms with Gasteiger partial charge in [-0.2, -0.15) is 0 Å². The number of ketones is 1. The van der Waals surface area contributed by atoms with Gasteiger partial charge >= 0.3 is 13.6 Å². The fourth-order valence-corrected chi connectivity index (χ4v) is 3.94. The molecule has 0 aromatic carbocycles. The number of carbonyl (C=O) groups is 2. The maximum Gasteiger partial charge on any atom is 0.345 e. The van der Waals surface area contributed by atoms with E-state index in [0.717, 1.165) is 19.3 Å². The van der Waals surface area contributed by atoms with E-state index >= 15 is 0 Å². The number of carbonyl (C=O) groups excluding carboxylic acids is 2. The highest BCUT2D eigenvalue weighted by molar-refractivity contribution is 7.55. The number of ether oxygens (including phenoxy) is 1. The largest absolute Gasteiger partial charge is 0.465 e. The number of unbranched alkanes of at least 4 members (excludes halogenated alkanes) is 2. The van der Waals surface area contributed by atoms with Gasteiger partial charge in [-0.25, -0.2) is 0 Å². The van der Waals surface area contributed by atoms with Crippen LogP contribution in [0.3, 0.4) is 0 Å². The summed E-state index contributed by atoms with van der Waals surface area (Å²) in [7, 11) is -3.70. The van der Waals surface area contributed by atoms with Crippen molar-refractivity contribution in [3.63, 3.8) is 0 Å². The van der Waals surface area contributed by atoms with Crippen molar-refractivity contribution < 1.29 is 27.9 Å². The van der Waals surface area contributed by atoms with Gasteiger partial charge < -0.3 is 13.8 Å². The number of esters is 1. The van der Waals surface area contributed by atoms with Gasteiger partial charge in [-0.15, -0.1) is 0 Å². The Kier molecular flexibility index (Phi) is 11.4. The molecule has 22 heavy (non-hydrogen) atoms. The Morgan fingerprint density at radius 2 is 1.55 bits per heavy atom. The van der Waals surface area contributed by atoms with Crippen molar-refractivity contribution in [1.29, 1.82) is 0 Å². The molecule has 0 aromatic heterocycles. The van der Waals surface area contributed by atoms with Crippen LogP contribution in [0.5, 0.6) is 0 Å². The van der Waals surface area contributed by atoms with Crippen LogP contribution < -0.4 is 0 Å². The number of hydrogen-bond donors (Lipinski definition) is 0. The minimum Gasteiger partial charge on any atom is -0.465 e. The number of rotatable bonds is 13. The van der Waals surface area contributed by atoms with Gasteiger partial charge in [-0.05, 0) is 27.2 Å². The molecule has 0 fully saturated rings. The molecule has 0 aliphatic heterocycles. The molecule has 0 saturated carbocycles. The molecule has 1 atom stereocenters. The van der Waals surface area contributed by atoms with Gasteiger partial charge in [0.15, 0.2) is 5.66 Å². The number of Topliss-reactive ketones (excluding diaryl/α,β-unsaturated/α-hetero) is 1. The maximum atomic E-state index is 12.8. The Morgan fingerprint density at radius 1 is 0.955 bits per heavy atom. The molecule has 0 amide bonds. The van der Waals surface area contributed by atoms with Gasteiger partial charge in [0.05, 0.1) is 19.8 Å². The van der Waals surface area contributed by atoms with Crippen LogP contribution in [0.15, 0.2) is 0 Å². The highest BCUT2D eigenvalue weighted by atomic mass is 31.2. The lowest BCUT2D eigenvalue weighted by molar-refractivity contribution is -0.144. The standard InChI is InChI=1S/C15H29O6P/c1-5-9-10-11-13(16)12-14(15(17)19-6-2)22(18,20-7-3)21-8-4/h14H,5-12H2,1-4H3/t14-/m0/s1. The summed E-state index contributed by atoms with van der Waals surface area (Å²) >= 11 is 0. The Morgan fingerprint density at radius 3 is 2.00 bits per heavy atom. The molecule has 0 bridgehead atoms. The third-order valence-corrected chi connectivity index (χ3v) is 5.43. The molecular weight excluding hydrogens is 307 g/mol. The minimum absolute atomic E-state index is 0.119. The summed E-state index contributed by atoms with van der Waals surface area (Å²) in [5, 5.41) is 0. The lowest BCUT2D eigenvalue weighted by Crippen LogP contribution is -2.28. The summed E-state index contributed by atoms with van der Waals surface area (Å²) in [6.45, 7) is 7.45. The fourth-order valence-electron chi connectivity index (χ4n) is 2.03. The van der Waals surface area contributed by atoms with Crippen molar-refractivity contribution in [2.75, 3.05) is 19.8 Å². The van der Waals surface area contributed by atoms with Gasteiger partial charge in [0.1, 0.15) is 5.78 Å². The number of hydrogen-bond acceptors (Lipinski definition) is 6. The third kappa shape index (κ3) is 7.52. The van der Waals surface area contributed by atoms with Crippen LogP contribution in [0.1, 0.15) is 59.8 Å². The van der Waals surface area contributed by atoms with E-state index < -0.39 is 19.2 Å². The lowest BCUT2D eigenvalue weighted by Gasteiger charge is -2.24. The Balaban J connectivity index is 5.05. The molecule has 0 rings (SSSR count).